The maximum absolute atomic E-state index is 13.8. The number of hydrogen-bond donors (Lipinski definition) is 3. The fourth-order valence-corrected chi connectivity index (χ4v) is 3.77. The van der Waals surface area contributed by atoms with Gasteiger partial charge >= 0.3 is 12.2 Å². The lowest BCUT2D eigenvalue weighted by atomic mass is 10.0. The van der Waals surface area contributed by atoms with Crippen molar-refractivity contribution in [3.05, 3.63) is 65.9 Å². The summed E-state index contributed by atoms with van der Waals surface area (Å²) in [5.74, 6) is 0.646. The molecule has 4 rings (SSSR count). The quantitative estimate of drug-likeness (QED) is 0.463. The Balaban J connectivity index is 1.42. The molecular formula is C24H26F3N7O2. The van der Waals surface area contributed by atoms with Gasteiger partial charge in [-0.2, -0.15) is 18.2 Å². The van der Waals surface area contributed by atoms with Crippen LogP contribution in [0.1, 0.15) is 11.1 Å². The first-order valence-corrected chi connectivity index (χ1v) is 11.2. The standard InChI is InChI=1S/C24H26F3N7O2/c1-33-9-11-34(12-10-33)15-16-5-6-18(14-20(16)24(25,26)27)31-23(35)30-17-3-2-4-19(13-17)36-21-7-8-29-22(28)32-21/h2-8,13-14H,9-12,15H2,1H3,(H2,28,29,32)(H2,30,31,35). The fraction of sp³-hybridized carbons (Fsp3) is 0.292. The first-order chi connectivity index (χ1) is 17.2. The van der Waals surface area contributed by atoms with Gasteiger partial charge in [-0.3, -0.25) is 4.90 Å². The number of nitrogens with two attached hydrogens (primary N) is 1. The molecule has 2 aromatic carbocycles. The molecule has 0 spiro atoms. The van der Waals surface area contributed by atoms with Crippen LogP contribution in [0.15, 0.2) is 54.7 Å². The number of rotatable bonds is 6. The van der Waals surface area contributed by atoms with E-state index in [1.807, 2.05) is 11.9 Å². The normalized spacial score (nSPS) is 14.9. The fourth-order valence-electron chi connectivity index (χ4n) is 3.77. The molecule has 0 saturated carbocycles. The summed E-state index contributed by atoms with van der Waals surface area (Å²) < 4.78 is 47.0. The molecule has 36 heavy (non-hydrogen) atoms. The van der Waals surface area contributed by atoms with Gasteiger partial charge < -0.3 is 26.0 Å². The summed E-state index contributed by atoms with van der Waals surface area (Å²) >= 11 is 0. The molecule has 1 saturated heterocycles. The van der Waals surface area contributed by atoms with Gasteiger partial charge in [0.2, 0.25) is 11.8 Å². The number of nitrogen functional groups attached to an aromatic ring is 1. The summed E-state index contributed by atoms with van der Waals surface area (Å²) in [5.41, 5.74) is 5.35. The third-order valence-corrected chi connectivity index (χ3v) is 5.63. The number of aromatic nitrogens is 2. The molecule has 1 aromatic heterocycles. The van der Waals surface area contributed by atoms with Crippen LogP contribution in [-0.4, -0.2) is 59.0 Å². The zero-order valence-corrected chi connectivity index (χ0v) is 19.5. The van der Waals surface area contributed by atoms with Crippen LogP contribution in [0.2, 0.25) is 0 Å². The Morgan fingerprint density at radius 1 is 1.06 bits per heavy atom. The first kappa shape index (κ1) is 25.2. The van der Waals surface area contributed by atoms with Crippen molar-refractivity contribution in [2.45, 2.75) is 12.7 Å². The van der Waals surface area contributed by atoms with E-state index in [0.717, 1.165) is 19.2 Å². The number of benzene rings is 2. The number of anilines is 3. The molecule has 0 bridgehead atoms. The monoisotopic (exact) mass is 501 g/mol. The van der Waals surface area contributed by atoms with Crippen molar-refractivity contribution < 1.29 is 22.7 Å². The highest BCUT2D eigenvalue weighted by Crippen LogP contribution is 2.34. The van der Waals surface area contributed by atoms with E-state index >= 15 is 0 Å². The van der Waals surface area contributed by atoms with Crippen LogP contribution >= 0.6 is 0 Å². The van der Waals surface area contributed by atoms with Crippen LogP contribution in [0.3, 0.4) is 0 Å². The van der Waals surface area contributed by atoms with Crippen molar-refractivity contribution in [3.8, 4) is 11.6 Å². The summed E-state index contributed by atoms with van der Waals surface area (Å²) in [4.78, 5) is 24.4. The number of carbonyl (C=O) groups excluding carboxylic acids is 1. The largest absolute Gasteiger partial charge is 0.439 e. The third-order valence-electron chi connectivity index (χ3n) is 5.63. The Morgan fingerprint density at radius 2 is 1.78 bits per heavy atom. The summed E-state index contributed by atoms with van der Waals surface area (Å²) in [6.07, 6.45) is -3.11. The van der Waals surface area contributed by atoms with Crippen molar-refractivity contribution in [2.75, 3.05) is 49.6 Å². The number of urea groups is 1. The second-order valence-electron chi connectivity index (χ2n) is 8.41. The maximum Gasteiger partial charge on any atom is 0.416 e. The van der Waals surface area contributed by atoms with Gasteiger partial charge in [-0.1, -0.05) is 12.1 Å². The van der Waals surface area contributed by atoms with Gasteiger partial charge in [0, 0.05) is 62.4 Å². The Labute approximate surface area is 206 Å². The first-order valence-electron chi connectivity index (χ1n) is 11.2. The van der Waals surface area contributed by atoms with E-state index in [1.165, 1.54) is 30.5 Å². The summed E-state index contributed by atoms with van der Waals surface area (Å²) in [7, 11) is 1.99. The van der Waals surface area contributed by atoms with Gasteiger partial charge in [-0.15, -0.1) is 0 Å². The minimum absolute atomic E-state index is 0.0332. The average Bonchev–Trinajstić information content (AvgIpc) is 2.81. The van der Waals surface area contributed by atoms with Crippen LogP contribution in [-0.2, 0) is 12.7 Å². The second-order valence-corrected chi connectivity index (χ2v) is 8.41. The minimum Gasteiger partial charge on any atom is -0.439 e. The zero-order valence-electron chi connectivity index (χ0n) is 19.5. The number of ether oxygens (including phenoxy) is 1. The number of piperazine rings is 1. The number of likely N-dealkylation sites (N-methyl/N-ethyl adjacent to an activating group) is 1. The molecule has 190 valence electrons. The van der Waals surface area contributed by atoms with E-state index in [9.17, 15) is 18.0 Å². The molecule has 4 N–H and O–H groups in total. The lowest BCUT2D eigenvalue weighted by Crippen LogP contribution is -2.44. The number of amides is 2. The van der Waals surface area contributed by atoms with Crippen LogP contribution in [0.5, 0.6) is 11.6 Å². The highest BCUT2D eigenvalue weighted by atomic mass is 19.4. The molecule has 0 unspecified atom stereocenters. The molecule has 9 nitrogen and oxygen atoms in total. The molecule has 3 aromatic rings. The summed E-state index contributed by atoms with van der Waals surface area (Å²) in [6.45, 7) is 3.20. The average molecular weight is 502 g/mol. The molecule has 1 aliphatic rings. The predicted octanol–water partition coefficient (Wildman–Crippen LogP) is 4.26. The number of nitrogens with one attached hydrogen (secondary N) is 2. The Kier molecular flexibility index (Phi) is 7.55. The number of halogens is 3. The lowest BCUT2D eigenvalue weighted by Gasteiger charge is -2.33. The number of nitrogens with zero attached hydrogens (tertiary/aromatic N) is 4. The molecule has 0 aliphatic carbocycles. The van der Waals surface area contributed by atoms with Crippen LogP contribution in [0, 0.1) is 0 Å². The van der Waals surface area contributed by atoms with Crippen molar-refractivity contribution in [1.82, 2.24) is 19.8 Å². The molecule has 1 fully saturated rings. The van der Waals surface area contributed by atoms with Gasteiger partial charge in [-0.25, -0.2) is 9.78 Å². The number of hydrogen-bond acceptors (Lipinski definition) is 7. The SMILES string of the molecule is CN1CCN(Cc2ccc(NC(=O)Nc3cccc(Oc4ccnc(N)n4)c3)cc2C(F)(F)F)CC1. The molecule has 12 heteroatoms. The maximum atomic E-state index is 13.8. The van der Waals surface area contributed by atoms with E-state index < -0.39 is 17.8 Å². The van der Waals surface area contributed by atoms with Crippen LogP contribution < -0.4 is 21.1 Å². The van der Waals surface area contributed by atoms with Crippen molar-refractivity contribution >= 4 is 23.4 Å². The lowest BCUT2D eigenvalue weighted by molar-refractivity contribution is -0.138. The van der Waals surface area contributed by atoms with Gasteiger partial charge in [0.25, 0.3) is 0 Å². The number of alkyl halides is 3. The van der Waals surface area contributed by atoms with E-state index in [1.54, 1.807) is 18.2 Å². The van der Waals surface area contributed by atoms with E-state index in [-0.39, 0.29) is 29.6 Å². The highest BCUT2D eigenvalue weighted by molar-refractivity contribution is 5.99. The topological polar surface area (TPSA) is 109 Å². The highest BCUT2D eigenvalue weighted by Gasteiger charge is 2.34. The molecule has 2 heterocycles. The minimum atomic E-state index is -4.55. The van der Waals surface area contributed by atoms with E-state index in [2.05, 4.69) is 25.5 Å². The molecule has 2 amide bonds. The molecule has 0 radical (unpaired) electrons. The smallest absolute Gasteiger partial charge is 0.416 e. The van der Waals surface area contributed by atoms with Crippen LogP contribution in [0.25, 0.3) is 0 Å². The third kappa shape index (κ3) is 6.83. The second kappa shape index (κ2) is 10.8. The van der Waals surface area contributed by atoms with Crippen molar-refractivity contribution in [1.29, 1.82) is 0 Å². The van der Waals surface area contributed by atoms with Crippen LogP contribution in [0.4, 0.5) is 35.3 Å². The van der Waals surface area contributed by atoms with Gasteiger partial charge in [-0.05, 0) is 36.9 Å². The van der Waals surface area contributed by atoms with Crippen molar-refractivity contribution in [3.63, 3.8) is 0 Å². The molecular weight excluding hydrogens is 475 g/mol. The molecule has 1 aliphatic heterocycles. The summed E-state index contributed by atoms with van der Waals surface area (Å²) in [6, 6.07) is 11.1. The predicted molar refractivity (Wildman–Crippen MR) is 130 cm³/mol. The van der Waals surface area contributed by atoms with Gasteiger partial charge in [0.05, 0.1) is 5.56 Å². The Bertz CT molecular complexity index is 1210. The Morgan fingerprint density at radius 3 is 2.47 bits per heavy atom. The number of carbonyl (C=O) groups is 1. The Hall–Kier alpha value is -3.90. The van der Waals surface area contributed by atoms with Gasteiger partial charge in [0.15, 0.2) is 0 Å². The zero-order chi connectivity index (χ0) is 25.7. The molecule has 0 atom stereocenters. The summed E-state index contributed by atoms with van der Waals surface area (Å²) in [5, 5.41) is 5.06. The van der Waals surface area contributed by atoms with E-state index in [0.29, 0.717) is 24.5 Å². The van der Waals surface area contributed by atoms with E-state index in [4.69, 9.17) is 10.5 Å². The van der Waals surface area contributed by atoms with Gasteiger partial charge in [0.1, 0.15) is 5.75 Å². The van der Waals surface area contributed by atoms with Crippen molar-refractivity contribution in [2.24, 2.45) is 0 Å².